The summed E-state index contributed by atoms with van der Waals surface area (Å²) in [4.78, 5) is 0. The van der Waals surface area contributed by atoms with Gasteiger partial charge in [0.05, 0.1) is 0 Å². The van der Waals surface area contributed by atoms with Crippen molar-refractivity contribution >= 4 is 6.08 Å². The first kappa shape index (κ1) is 17.1. The van der Waals surface area contributed by atoms with E-state index in [-0.39, 0.29) is 0 Å². The monoisotopic (exact) mass is 348 g/mol. The molecule has 0 nitrogen and oxygen atoms in total. The smallest absolute Gasteiger partial charge is 0.0254 e. The van der Waals surface area contributed by atoms with E-state index >= 15 is 0 Å². The molecule has 0 aromatic heterocycles. The first-order chi connectivity index (χ1) is 12.6. The van der Waals surface area contributed by atoms with Crippen LogP contribution in [0.4, 0.5) is 0 Å². The van der Waals surface area contributed by atoms with Crippen molar-refractivity contribution < 1.29 is 0 Å². The Morgan fingerprint density at radius 3 is 2.58 bits per heavy atom. The van der Waals surface area contributed by atoms with Crippen LogP contribution in [0.3, 0.4) is 0 Å². The predicted octanol–water partition coefficient (Wildman–Crippen LogP) is 7.50. The van der Waals surface area contributed by atoms with E-state index in [1.54, 1.807) is 5.57 Å². The summed E-state index contributed by atoms with van der Waals surface area (Å²) in [6, 6.07) is 11.0. The van der Waals surface area contributed by atoms with Crippen LogP contribution in [0.5, 0.6) is 0 Å². The normalized spacial score (nSPS) is 46.5. The molecule has 1 aromatic carbocycles. The van der Waals surface area contributed by atoms with Crippen LogP contribution in [0.1, 0.15) is 83.6 Å². The van der Waals surface area contributed by atoms with E-state index in [2.05, 4.69) is 50.3 Å². The van der Waals surface area contributed by atoms with Crippen molar-refractivity contribution in [2.75, 3.05) is 0 Å². The van der Waals surface area contributed by atoms with Crippen molar-refractivity contribution in [1.82, 2.24) is 0 Å². The lowest BCUT2D eigenvalue weighted by molar-refractivity contribution is -0.103. The molecule has 6 unspecified atom stereocenters. The van der Waals surface area contributed by atoms with E-state index < -0.39 is 0 Å². The summed E-state index contributed by atoms with van der Waals surface area (Å²) < 4.78 is 0. The molecule has 4 aliphatic rings. The molecule has 0 radical (unpaired) electrons. The maximum absolute atomic E-state index is 2.70. The second kappa shape index (κ2) is 6.25. The number of hydrogen-bond donors (Lipinski definition) is 0. The van der Waals surface area contributed by atoms with Gasteiger partial charge in [-0.3, -0.25) is 0 Å². The maximum Gasteiger partial charge on any atom is -0.0254 e. The van der Waals surface area contributed by atoms with Gasteiger partial charge in [0, 0.05) is 0 Å². The quantitative estimate of drug-likeness (QED) is 0.493. The molecule has 140 valence electrons. The summed E-state index contributed by atoms with van der Waals surface area (Å²) in [5, 5.41) is 0. The van der Waals surface area contributed by atoms with Gasteiger partial charge in [0.2, 0.25) is 0 Å². The van der Waals surface area contributed by atoms with E-state index in [0.29, 0.717) is 10.8 Å². The summed E-state index contributed by atoms with van der Waals surface area (Å²) in [5.41, 5.74) is 4.40. The lowest BCUT2D eigenvalue weighted by Crippen LogP contribution is -2.51. The molecule has 6 atom stereocenters. The fourth-order valence-electron chi connectivity index (χ4n) is 8.07. The Hall–Kier alpha value is -1.04. The summed E-state index contributed by atoms with van der Waals surface area (Å²) >= 11 is 0. The molecular formula is C26H36. The van der Waals surface area contributed by atoms with Crippen LogP contribution in [0.15, 0.2) is 35.9 Å². The van der Waals surface area contributed by atoms with Crippen LogP contribution < -0.4 is 0 Å². The van der Waals surface area contributed by atoms with Gasteiger partial charge in [0.25, 0.3) is 0 Å². The zero-order chi connectivity index (χ0) is 17.8. The lowest BCUT2D eigenvalue weighted by Gasteiger charge is -2.59. The number of allylic oxidation sites excluding steroid dienone is 1. The summed E-state index contributed by atoms with van der Waals surface area (Å²) in [6.07, 6.45) is 17.4. The topological polar surface area (TPSA) is 0 Å². The molecule has 1 aromatic rings. The molecule has 0 saturated heterocycles. The predicted molar refractivity (Wildman–Crippen MR) is 111 cm³/mol. The number of rotatable bonds is 1. The first-order valence-corrected chi connectivity index (χ1v) is 11.3. The van der Waals surface area contributed by atoms with Crippen molar-refractivity contribution in [3.05, 3.63) is 41.5 Å². The maximum atomic E-state index is 2.70. The molecule has 0 spiro atoms. The fraction of sp³-hybridized carbons (Fsp3) is 0.692. The molecule has 0 heterocycles. The van der Waals surface area contributed by atoms with E-state index in [4.69, 9.17) is 0 Å². The SMILES string of the molecule is CC12CCC3C(CCC4CCCCC43C)C1CC(=Cc1ccccc1)C2. The zero-order valence-corrected chi connectivity index (χ0v) is 16.8. The Kier molecular flexibility index (Phi) is 4.11. The van der Waals surface area contributed by atoms with Crippen molar-refractivity contribution in [3.8, 4) is 0 Å². The average Bonchev–Trinajstić information content (AvgIpc) is 2.98. The minimum absolute atomic E-state index is 0.583. The van der Waals surface area contributed by atoms with Gasteiger partial charge in [-0.05, 0) is 91.4 Å². The van der Waals surface area contributed by atoms with Gasteiger partial charge >= 0.3 is 0 Å². The lowest BCUT2D eigenvalue weighted by atomic mass is 9.45. The van der Waals surface area contributed by atoms with Crippen LogP contribution in [-0.2, 0) is 0 Å². The molecule has 26 heavy (non-hydrogen) atoms. The molecule has 0 aliphatic heterocycles. The molecule has 5 rings (SSSR count). The fourth-order valence-corrected chi connectivity index (χ4v) is 8.07. The highest BCUT2D eigenvalue weighted by Gasteiger charge is 2.57. The van der Waals surface area contributed by atoms with Crippen LogP contribution in [0, 0.1) is 34.5 Å². The molecule has 0 heteroatoms. The van der Waals surface area contributed by atoms with Crippen LogP contribution in [-0.4, -0.2) is 0 Å². The number of benzene rings is 1. The third kappa shape index (κ3) is 2.62. The number of fused-ring (bicyclic) bond motifs is 5. The Labute approximate surface area is 160 Å². The van der Waals surface area contributed by atoms with Crippen molar-refractivity contribution in [2.45, 2.75) is 78.1 Å². The van der Waals surface area contributed by atoms with Crippen molar-refractivity contribution in [2.24, 2.45) is 34.5 Å². The molecular weight excluding hydrogens is 312 g/mol. The third-order valence-corrected chi connectivity index (χ3v) is 9.38. The standard InChI is InChI=1S/C26H36/c1-25-15-13-23-22(12-11-21-10-6-7-14-26(21,23)2)24(25)17-20(18-25)16-19-8-4-3-5-9-19/h3-5,8-9,16,21-24H,6-7,10-15,17-18H2,1-2H3. The number of hydrogen-bond acceptors (Lipinski definition) is 0. The molecule has 0 bridgehead atoms. The van der Waals surface area contributed by atoms with E-state index in [9.17, 15) is 0 Å². The molecule has 0 amide bonds. The zero-order valence-electron chi connectivity index (χ0n) is 16.8. The Balaban J connectivity index is 1.42. The van der Waals surface area contributed by atoms with Crippen molar-refractivity contribution in [1.29, 1.82) is 0 Å². The molecule has 0 N–H and O–H groups in total. The van der Waals surface area contributed by atoms with E-state index in [1.807, 2.05) is 0 Å². The Morgan fingerprint density at radius 2 is 1.73 bits per heavy atom. The minimum Gasteiger partial charge on any atom is -0.0688 e. The molecule has 4 aliphatic carbocycles. The summed E-state index contributed by atoms with van der Waals surface area (Å²) in [5.74, 6) is 4.03. The van der Waals surface area contributed by atoms with E-state index in [0.717, 1.165) is 23.7 Å². The van der Waals surface area contributed by atoms with Gasteiger partial charge < -0.3 is 0 Å². The van der Waals surface area contributed by atoms with Gasteiger partial charge in [-0.25, -0.2) is 0 Å². The van der Waals surface area contributed by atoms with Crippen molar-refractivity contribution in [3.63, 3.8) is 0 Å². The highest BCUT2D eigenvalue weighted by Crippen LogP contribution is 2.66. The Morgan fingerprint density at radius 1 is 0.885 bits per heavy atom. The summed E-state index contributed by atoms with van der Waals surface area (Å²) in [7, 11) is 0. The highest BCUT2D eigenvalue weighted by atomic mass is 14.6. The largest absolute Gasteiger partial charge is 0.0688 e. The van der Waals surface area contributed by atoms with Crippen LogP contribution in [0.25, 0.3) is 6.08 Å². The van der Waals surface area contributed by atoms with Crippen LogP contribution >= 0.6 is 0 Å². The van der Waals surface area contributed by atoms with Crippen LogP contribution in [0.2, 0.25) is 0 Å². The second-order valence-corrected chi connectivity index (χ2v) is 10.7. The minimum atomic E-state index is 0.583. The Bertz CT molecular complexity index is 685. The van der Waals surface area contributed by atoms with Gasteiger partial charge in [-0.1, -0.05) is 68.7 Å². The van der Waals surface area contributed by atoms with Gasteiger partial charge in [0.1, 0.15) is 0 Å². The molecule has 4 fully saturated rings. The van der Waals surface area contributed by atoms with E-state index in [1.165, 1.54) is 69.8 Å². The average molecular weight is 349 g/mol. The summed E-state index contributed by atoms with van der Waals surface area (Å²) in [6.45, 7) is 5.33. The van der Waals surface area contributed by atoms with Gasteiger partial charge in [-0.15, -0.1) is 0 Å². The van der Waals surface area contributed by atoms with Gasteiger partial charge in [-0.2, -0.15) is 0 Å². The molecule has 4 saturated carbocycles. The highest BCUT2D eigenvalue weighted by molar-refractivity contribution is 5.54. The third-order valence-electron chi connectivity index (χ3n) is 9.38. The van der Waals surface area contributed by atoms with Gasteiger partial charge in [0.15, 0.2) is 0 Å². The second-order valence-electron chi connectivity index (χ2n) is 10.7. The first-order valence-electron chi connectivity index (χ1n) is 11.3.